The Morgan fingerprint density at radius 1 is 0.566 bits per heavy atom. The molecule has 0 aromatic heterocycles. The Morgan fingerprint density at radius 3 is 1.57 bits per heavy atom. The van der Waals surface area contributed by atoms with Crippen LogP contribution in [-0.4, -0.2) is 74.1 Å². The first-order valence-electron chi connectivity index (χ1n) is 22.7. The zero-order valence-electron chi connectivity index (χ0n) is 35.6. The third kappa shape index (κ3) is 26.5. The van der Waals surface area contributed by atoms with Crippen LogP contribution in [-0.2, 0) is 14.3 Å². The minimum absolute atomic E-state index is 0.0341. The van der Waals surface area contributed by atoms with E-state index in [9.17, 15) is 9.59 Å². The predicted molar refractivity (Wildman–Crippen MR) is 229 cm³/mol. The van der Waals surface area contributed by atoms with Crippen LogP contribution in [0.1, 0.15) is 200 Å². The molecule has 6 nitrogen and oxygen atoms in total. The number of rotatable bonds is 36. The summed E-state index contributed by atoms with van der Waals surface area (Å²) in [6.45, 7) is 7.80. The second-order valence-corrected chi connectivity index (χ2v) is 16.0. The maximum Gasteiger partial charge on any atom is 0.246 e. The van der Waals surface area contributed by atoms with Gasteiger partial charge in [-0.2, -0.15) is 0 Å². The summed E-state index contributed by atoms with van der Waals surface area (Å²) in [7, 11) is 4.14. The van der Waals surface area contributed by atoms with Crippen molar-refractivity contribution < 1.29 is 14.3 Å². The highest BCUT2D eigenvalue weighted by Crippen LogP contribution is 2.30. The minimum Gasteiger partial charge on any atom is -0.381 e. The van der Waals surface area contributed by atoms with Crippen LogP contribution < -0.4 is 5.32 Å². The maximum absolute atomic E-state index is 13.9. The zero-order valence-corrected chi connectivity index (χ0v) is 35.6. The van der Waals surface area contributed by atoms with Gasteiger partial charge >= 0.3 is 0 Å². The molecule has 2 amide bonds. The number of hydrogen-bond acceptors (Lipinski definition) is 4. The lowest BCUT2D eigenvalue weighted by molar-refractivity contribution is -0.154. The average molecular weight is 742 g/mol. The molecule has 1 fully saturated rings. The summed E-state index contributed by atoms with van der Waals surface area (Å²) in [6.07, 6.45) is 47.3. The van der Waals surface area contributed by atoms with E-state index in [1.807, 2.05) is 4.90 Å². The quantitative estimate of drug-likeness (QED) is 0.0513. The fourth-order valence-electron chi connectivity index (χ4n) is 7.41. The van der Waals surface area contributed by atoms with E-state index in [2.05, 4.69) is 74.6 Å². The first-order valence-corrected chi connectivity index (χ1v) is 22.7. The lowest BCUT2D eigenvalue weighted by Gasteiger charge is -2.45. The predicted octanol–water partition coefficient (Wildman–Crippen LogP) is 12.3. The Labute approximate surface area is 329 Å². The van der Waals surface area contributed by atoms with Gasteiger partial charge in [-0.05, 0) is 97.7 Å². The number of allylic oxidation sites excluding steroid dienone is 6. The fourth-order valence-corrected chi connectivity index (χ4v) is 7.41. The Hall–Kier alpha value is -1.92. The van der Waals surface area contributed by atoms with E-state index in [0.29, 0.717) is 45.6 Å². The number of nitrogens with one attached hydrogen (secondary N) is 1. The van der Waals surface area contributed by atoms with Crippen LogP contribution in [0.2, 0.25) is 0 Å². The molecule has 0 saturated carbocycles. The molecule has 0 aliphatic carbocycles. The lowest BCUT2D eigenvalue weighted by Crippen LogP contribution is -2.63. The van der Waals surface area contributed by atoms with Gasteiger partial charge < -0.3 is 19.9 Å². The Kier molecular flexibility index (Phi) is 33.1. The molecule has 0 bridgehead atoms. The first kappa shape index (κ1) is 49.1. The van der Waals surface area contributed by atoms with E-state index in [-0.39, 0.29) is 11.8 Å². The van der Waals surface area contributed by atoms with Crippen LogP contribution in [0.5, 0.6) is 0 Å². The van der Waals surface area contributed by atoms with Crippen molar-refractivity contribution in [2.24, 2.45) is 0 Å². The van der Waals surface area contributed by atoms with E-state index in [4.69, 9.17) is 4.74 Å². The normalized spacial score (nSPS) is 14.7. The van der Waals surface area contributed by atoms with Crippen molar-refractivity contribution in [3.05, 3.63) is 36.5 Å². The zero-order chi connectivity index (χ0) is 38.5. The number of amides is 2. The molecule has 1 rings (SSSR count). The van der Waals surface area contributed by atoms with Crippen LogP contribution in [0.4, 0.5) is 0 Å². The molecule has 1 heterocycles. The van der Waals surface area contributed by atoms with Crippen molar-refractivity contribution in [1.29, 1.82) is 0 Å². The third-order valence-corrected chi connectivity index (χ3v) is 10.9. The molecule has 1 aliphatic heterocycles. The average Bonchev–Trinajstić information content (AvgIpc) is 3.16. The van der Waals surface area contributed by atoms with Crippen molar-refractivity contribution in [2.45, 2.75) is 206 Å². The molecule has 1 N–H and O–H groups in total. The molecule has 0 aromatic carbocycles. The summed E-state index contributed by atoms with van der Waals surface area (Å²) in [4.78, 5) is 31.9. The summed E-state index contributed by atoms with van der Waals surface area (Å²) in [5.41, 5.74) is -0.790. The smallest absolute Gasteiger partial charge is 0.246 e. The first-order chi connectivity index (χ1) is 26.0. The molecule has 53 heavy (non-hydrogen) atoms. The monoisotopic (exact) mass is 742 g/mol. The molecule has 0 unspecified atom stereocenters. The number of hydrogen-bond donors (Lipinski definition) is 1. The van der Waals surface area contributed by atoms with Crippen molar-refractivity contribution in [3.8, 4) is 0 Å². The molecule has 6 heteroatoms. The maximum atomic E-state index is 13.9. The SMILES string of the molecule is CCCCC/C=C\C/C=C\CCCCCCCC(=O)N(CCCN(C)C)C1(C(=O)NCCCCCCCC/C=C\CCCCCCCC)CCOCC1. The van der Waals surface area contributed by atoms with Gasteiger partial charge in [-0.3, -0.25) is 9.59 Å². The molecular weight excluding hydrogens is 655 g/mol. The molecule has 0 radical (unpaired) electrons. The van der Waals surface area contributed by atoms with Gasteiger partial charge in [0.05, 0.1) is 0 Å². The Balaban J connectivity index is 2.40. The number of carbonyl (C=O) groups is 2. The standard InChI is InChI=1S/C47H87N3O3/c1-5-7-9-11-13-15-17-19-21-23-25-27-29-31-33-35-40-48-46(52)47(38-43-53-44-39-47)50(42-36-41-49(3)4)45(51)37-34-32-30-28-26-24-22-20-18-16-14-12-10-8-6-2/h14,16,19-22H,5-13,15,17-18,23-44H2,1-4H3,(H,48,52)/b16-14-,21-19-,22-20-. The molecular formula is C47H87N3O3. The van der Waals surface area contributed by atoms with Crippen molar-refractivity contribution >= 4 is 11.8 Å². The summed E-state index contributed by atoms with van der Waals surface area (Å²) in [6, 6.07) is 0. The van der Waals surface area contributed by atoms with Gasteiger partial charge in [-0.25, -0.2) is 0 Å². The van der Waals surface area contributed by atoms with Gasteiger partial charge in [0.25, 0.3) is 0 Å². The number of carbonyl (C=O) groups excluding carboxylic acids is 2. The molecule has 1 aliphatic rings. The van der Waals surface area contributed by atoms with Gasteiger partial charge in [-0.1, -0.05) is 140 Å². The molecule has 0 atom stereocenters. The highest BCUT2D eigenvalue weighted by Gasteiger charge is 2.46. The van der Waals surface area contributed by atoms with E-state index < -0.39 is 5.54 Å². The van der Waals surface area contributed by atoms with Crippen LogP contribution in [0, 0.1) is 0 Å². The third-order valence-electron chi connectivity index (χ3n) is 10.9. The van der Waals surface area contributed by atoms with Gasteiger partial charge in [0, 0.05) is 45.6 Å². The van der Waals surface area contributed by atoms with Crippen molar-refractivity contribution in [3.63, 3.8) is 0 Å². The molecule has 0 aromatic rings. The fraction of sp³-hybridized carbons (Fsp3) is 0.830. The Bertz CT molecular complexity index is 937. The number of unbranched alkanes of at least 4 members (excludes halogenated alkanes) is 20. The van der Waals surface area contributed by atoms with E-state index in [0.717, 1.165) is 57.9 Å². The lowest BCUT2D eigenvalue weighted by atomic mass is 9.85. The van der Waals surface area contributed by atoms with Crippen LogP contribution in [0.15, 0.2) is 36.5 Å². The minimum atomic E-state index is -0.790. The van der Waals surface area contributed by atoms with Crippen LogP contribution in [0.3, 0.4) is 0 Å². The second-order valence-electron chi connectivity index (χ2n) is 16.0. The van der Waals surface area contributed by atoms with Gasteiger partial charge in [0.2, 0.25) is 11.8 Å². The summed E-state index contributed by atoms with van der Waals surface area (Å²) >= 11 is 0. The highest BCUT2D eigenvalue weighted by molar-refractivity contribution is 5.91. The molecule has 308 valence electrons. The van der Waals surface area contributed by atoms with E-state index in [1.165, 1.54) is 116 Å². The van der Waals surface area contributed by atoms with Crippen LogP contribution in [0.25, 0.3) is 0 Å². The van der Waals surface area contributed by atoms with Gasteiger partial charge in [0.1, 0.15) is 5.54 Å². The molecule has 0 spiro atoms. The number of ether oxygens (including phenoxy) is 1. The molecule has 1 saturated heterocycles. The second kappa shape index (κ2) is 35.8. The van der Waals surface area contributed by atoms with Crippen molar-refractivity contribution in [2.75, 3.05) is 46.9 Å². The van der Waals surface area contributed by atoms with E-state index >= 15 is 0 Å². The van der Waals surface area contributed by atoms with Crippen LogP contribution >= 0.6 is 0 Å². The summed E-state index contributed by atoms with van der Waals surface area (Å²) < 4.78 is 5.74. The number of nitrogens with zero attached hydrogens (tertiary/aromatic N) is 2. The summed E-state index contributed by atoms with van der Waals surface area (Å²) in [5.74, 6) is 0.176. The highest BCUT2D eigenvalue weighted by atomic mass is 16.5. The topological polar surface area (TPSA) is 61.9 Å². The summed E-state index contributed by atoms with van der Waals surface area (Å²) in [5, 5.41) is 3.28. The van der Waals surface area contributed by atoms with E-state index in [1.54, 1.807) is 0 Å². The van der Waals surface area contributed by atoms with Gasteiger partial charge in [-0.15, -0.1) is 0 Å². The van der Waals surface area contributed by atoms with Crippen molar-refractivity contribution in [1.82, 2.24) is 15.1 Å². The van der Waals surface area contributed by atoms with Gasteiger partial charge in [0.15, 0.2) is 0 Å². The largest absolute Gasteiger partial charge is 0.381 e. The Morgan fingerprint density at radius 2 is 1.02 bits per heavy atom.